The summed E-state index contributed by atoms with van der Waals surface area (Å²) in [4.78, 5) is 12.4. The lowest BCUT2D eigenvalue weighted by atomic mass is 9.75. The number of ketones is 1. The van der Waals surface area contributed by atoms with Crippen LogP contribution in [0.5, 0.6) is 0 Å². The van der Waals surface area contributed by atoms with Gasteiger partial charge in [0.15, 0.2) is 5.78 Å². The molecule has 0 radical (unpaired) electrons. The van der Waals surface area contributed by atoms with Crippen LogP contribution in [0.1, 0.15) is 59.3 Å². The normalized spacial score (nSPS) is 29.0. The first-order chi connectivity index (χ1) is 8.04. The molecule has 0 aromatic carbocycles. The van der Waals surface area contributed by atoms with Crippen LogP contribution >= 0.6 is 0 Å². The summed E-state index contributed by atoms with van der Waals surface area (Å²) in [5, 5.41) is 0. The fraction of sp³-hybridized carbons (Fsp3) is 0.800. The van der Waals surface area contributed by atoms with E-state index in [2.05, 4.69) is 13.5 Å². The molecule has 2 heteroatoms. The number of ether oxygens (including phenoxy) is 1. The predicted octanol–water partition coefficient (Wildman–Crippen LogP) is 3.90. The molecule has 2 nitrogen and oxygen atoms in total. The second kappa shape index (κ2) is 6.34. The number of hydrogen-bond acceptors (Lipinski definition) is 2. The molecule has 0 saturated heterocycles. The molecule has 0 heterocycles. The molecule has 98 valence electrons. The Hall–Kier alpha value is -0.630. The van der Waals surface area contributed by atoms with Gasteiger partial charge in [-0.15, -0.1) is 0 Å². The molecule has 0 aliphatic heterocycles. The van der Waals surface area contributed by atoms with Gasteiger partial charge in [-0.2, -0.15) is 0 Å². The van der Waals surface area contributed by atoms with Crippen molar-refractivity contribution in [3.63, 3.8) is 0 Å². The molecule has 17 heavy (non-hydrogen) atoms. The van der Waals surface area contributed by atoms with Gasteiger partial charge in [0, 0.05) is 13.0 Å². The van der Waals surface area contributed by atoms with Crippen LogP contribution in [0.15, 0.2) is 12.2 Å². The second-order valence-electron chi connectivity index (χ2n) is 5.31. The van der Waals surface area contributed by atoms with Crippen LogP contribution in [0, 0.1) is 5.92 Å². The van der Waals surface area contributed by atoms with Crippen molar-refractivity contribution >= 4 is 5.78 Å². The van der Waals surface area contributed by atoms with Crippen LogP contribution in [0.3, 0.4) is 0 Å². The molecule has 1 fully saturated rings. The van der Waals surface area contributed by atoms with E-state index in [-0.39, 0.29) is 5.78 Å². The third kappa shape index (κ3) is 3.67. The minimum atomic E-state index is -0.501. The summed E-state index contributed by atoms with van der Waals surface area (Å²) in [5.41, 5.74) is 0.520. The third-order valence-corrected chi connectivity index (χ3v) is 3.92. The number of hydrogen-bond donors (Lipinski definition) is 0. The molecule has 0 spiro atoms. The first-order valence-electron chi connectivity index (χ1n) is 6.88. The van der Waals surface area contributed by atoms with Gasteiger partial charge in [-0.1, -0.05) is 26.0 Å². The lowest BCUT2D eigenvalue weighted by Gasteiger charge is -2.38. The maximum absolute atomic E-state index is 12.4. The quantitative estimate of drug-likeness (QED) is 0.656. The van der Waals surface area contributed by atoms with Crippen LogP contribution in [-0.4, -0.2) is 18.0 Å². The van der Waals surface area contributed by atoms with Gasteiger partial charge in [0.1, 0.15) is 5.60 Å². The lowest BCUT2D eigenvalue weighted by molar-refractivity contribution is -0.149. The summed E-state index contributed by atoms with van der Waals surface area (Å²) >= 11 is 0. The van der Waals surface area contributed by atoms with Gasteiger partial charge in [-0.05, 0) is 44.9 Å². The molecular formula is C15H26O2. The van der Waals surface area contributed by atoms with Crippen molar-refractivity contribution in [1.29, 1.82) is 0 Å². The molecule has 0 N–H and O–H groups in total. The summed E-state index contributed by atoms with van der Waals surface area (Å²) < 4.78 is 5.84. The van der Waals surface area contributed by atoms with E-state index in [0.29, 0.717) is 13.0 Å². The van der Waals surface area contributed by atoms with Crippen LogP contribution in [0.25, 0.3) is 0 Å². The molecule has 0 unspecified atom stereocenters. The molecule has 1 saturated carbocycles. The van der Waals surface area contributed by atoms with Crippen molar-refractivity contribution in [2.45, 2.75) is 64.9 Å². The third-order valence-electron chi connectivity index (χ3n) is 3.92. The van der Waals surface area contributed by atoms with Crippen molar-refractivity contribution in [1.82, 2.24) is 0 Å². The van der Waals surface area contributed by atoms with E-state index in [1.54, 1.807) is 0 Å². The Morgan fingerprint density at radius 3 is 2.41 bits per heavy atom. The Balaban J connectivity index is 2.70. The highest BCUT2D eigenvalue weighted by Gasteiger charge is 2.41. The maximum atomic E-state index is 12.4. The Labute approximate surface area is 105 Å². The van der Waals surface area contributed by atoms with Crippen molar-refractivity contribution < 1.29 is 9.53 Å². The molecule has 0 atom stereocenters. The monoisotopic (exact) mass is 238 g/mol. The van der Waals surface area contributed by atoms with E-state index >= 15 is 0 Å². The van der Waals surface area contributed by atoms with Crippen LogP contribution in [0.2, 0.25) is 0 Å². The predicted molar refractivity (Wildman–Crippen MR) is 71.0 cm³/mol. The van der Waals surface area contributed by atoms with Crippen molar-refractivity contribution in [3.05, 3.63) is 12.2 Å². The molecule has 1 aliphatic rings. The Morgan fingerprint density at radius 1 is 1.35 bits per heavy atom. The molecule has 0 amide bonds. The fourth-order valence-electron chi connectivity index (χ4n) is 2.52. The lowest BCUT2D eigenvalue weighted by Crippen LogP contribution is -2.44. The van der Waals surface area contributed by atoms with E-state index in [0.717, 1.165) is 43.6 Å². The number of allylic oxidation sites excluding steroid dienone is 1. The number of carbonyl (C=O) groups is 1. The molecular weight excluding hydrogens is 212 g/mol. The summed E-state index contributed by atoms with van der Waals surface area (Å²) in [6.07, 6.45) is 5.35. The average molecular weight is 238 g/mol. The first kappa shape index (κ1) is 14.4. The van der Waals surface area contributed by atoms with Crippen LogP contribution in [-0.2, 0) is 9.53 Å². The van der Waals surface area contributed by atoms with Gasteiger partial charge in [0.2, 0.25) is 0 Å². The van der Waals surface area contributed by atoms with Crippen LogP contribution < -0.4 is 0 Å². The topological polar surface area (TPSA) is 26.3 Å². The van der Waals surface area contributed by atoms with Gasteiger partial charge in [-0.25, -0.2) is 0 Å². The zero-order chi connectivity index (χ0) is 12.9. The Bertz CT molecular complexity index is 273. The summed E-state index contributed by atoms with van der Waals surface area (Å²) in [7, 11) is 0. The largest absolute Gasteiger partial charge is 0.367 e. The fourth-order valence-corrected chi connectivity index (χ4v) is 2.52. The first-order valence-corrected chi connectivity index (χ1v) is 6.88. The van der Waals surface area contributed by atoms with Gasteiger partial charge in [-0.3, -0.25) is 4.79 Å². The van der Waals surface area contributed by atoms with Crippen molar-refractivity contribution in [3.8, 4) is 0 Å². The minimum Gasteiger partial charge on any atom is -0.367 e. The summed E-state index contributed by atoms with van der Waals surface area (Å²) in [6, 6.07) is 0. The van der Waals surface area contributed by atoms with E-state index in [1.165, 1.54) is 0 Å². The molecule has 1 rings (SSSR count). The van der Waals surface area contributed by atoms with E-state index in [9.17, 15) is 4.79 Å². The summed E-state index contributed by atoms with van der Waals surface area (Å²) in [6.45, 7) is 10.8. The zero-order valence-corrected chi connectivity index (χ0v) is 11.6. The highest BCUT2D eigenvalue weighted by atomic mass is 16.5. The molecule has 1 aliphatic carbocycles. The maximum Gasteiger partial charge on any atom is 0.168 e. The molecule has 0 aromatic heterocycles. The summed E-state index contributed by atoms with van der Waals surface area (Å²) in [5.74, 6) is 0.976. The Morgan fingerprint density at radius 2 is 1.94 bits per heavy atom. The van der Waals surface area contributed by atoms with Crippen LogP contribution in [0.4, 0.5) is 0 Å². The standard InChI is InChI=1S/C15H26O2/c1-5-12(3)11-14(16)15(17-6-2)9-7-13(4)8-10-15/h13H,3,5-11H2,1-2,4H3. The minimum absolute atomic E-state index is 0.248. The van der Waals surface area contributed by atoms with Gasteiger partial charge in [0.25, 0.3) is 0 Å². The highest BCUT2D eigenvalue weighted by molar-refractivity contribution is 5.89. The van der Waals surface area contributed by atoms with Crippen molar-refractivity contribution in [2.24, 2.45) is 5.92 Å². The van der Waals surface area contributed by atoms with E-state index in [4.69, 9.17) is 4.74 Å². The number of carbonyl (C=O) groups excluding carboxylic acids is 1. The molecule has 0 bridgehead atoms. The smallest absolute Gasteiger partial charge is 0.168 e. The van der Waals surface area contributed by atoms with Crippen molar-refractivity contribution in [2.75, 3.05) is 6.61 Å². The van der Waals surface area contributed by atoms with Gasteiger partial charge < -0.3 is 4.74 Å². The number of Topliss-reactive ketones (excluding diaryl/α,β-unsaturated/α-hetero) is 1. The SMILES string of the molecule is C=C(CC)CC(=O)C1(OCC)CCC(C)CC1. The highest BCUT2D eigenvalue weighted by Crippen LogP contribution is 2.36. The van der Waals surface area contributed by atoms with Gasteiger partial charge >= 0.3 is 0 Å². The number of rotatable bonds is 6. The zero-order valence-electron chi connectivity index (χ0n) is 11.6. The van der Waals surface area contributed by atoms with Gasteiger partial charge in [0.05, 0.1) is 0 Å². The average Bonchev–Trinajstić information content (AvgIpc) is 2.32. The molecule has 0 aromatic rings. The Kier molecular flexibility index (Phi) is 5.38. The van der Waals surface area contributed by atoms with E-state index in [1.807, 2.05) is 13.8 Å². The second-order valence-corrected chi connectivity index (χ2v) is 5.31. The van der Waals surface area contributed by atoms with E-state index < -0.39 is 5.60 Å².